The van der Waals surface area contributed by atoms with E-state index in [-0.39, 0.29) is 5.91 Å². The molecule has 1 aliphatic rings. The van der Waals surface area contributed by atoms with E-state index in [1.54, 1.807) is 19.2 Å². The summed E-state index contributed by atoms with van der Waals surface area (Å²) in [6, 6.07) is 15.3. The van der Waals surface area contributed by atoms with Crippen LogP contribution in [0, 0.1) is 0 Å². The monoisotopic (exact) mass is 457 g/mol. The third-order valence-electron chi connectivity index (χ3n) is 5.16. The first-order chi connectivity index (χ1) is 15.1. The van der Waals surface area contributed by atoms with Crippen molar-refractivity contribution in [3.63, 3.8) is 0 Å². The molecule has 0 aliphatic carbocycles. The highest BCUT2D eigenvalue weighted by Crippen LogP contribution is 2.23. The number of benzene rings is 2. The lowest BCUT2D eigenvalue weighted by molar-refractivity contribution is -0.130. The van der Waals surface area contributed by atoms with Crippen LogP contribution >= 0.6 is 22.9 Å². The smallest absolute Gasteiger partial charge is 0.228 e. The number of carbonyl (C=O) groups excluding carboxylic acids is 1. The van der Waals surface area contributed by atoms with Crippen LogP contribution in [0.3, 0.4) is 0 Å². The fraction of sp³-hybridized carbons (Fsp3) is 0.304. The fourth-order valence-electron chi connectivity index (χ4n) is 3.46. The summed E-state index contributed by atoms with van der Waals surface area (Å²) in [6.07, 6.45) is 0.316. The molecule has 1 fully saturated rings. The second-order valence-corrected chi connectivity index (χ2v) is 8.60. The van der Waals surface area contributed by atoms with Crippen LogP contribution in [-0.4, -0.2) is 49.1 Å². The van der Waals surface area contributed by atoms with Crippen LogP contribution in [0.15, 0.2) is 53.9 Å². The molecule has 1 saturated heterocycles. The molecule has 3 aromatic rings. The highest BCUT2D eigenvalue weighted by molar-refractivity contribution is 7.09. The molecule has 8 heteroatoms. The molecule has 0 N–H and O–H groups in total. The van der Waals surface area contributed by atoms with Crippen molar-refractivity contribution in [3.05, 3.63) is 69.6 Å². The molecule has 6 nitrogen and oxygen atoms in total. The van der Waals surface area contributed by atoms with Crippen LogP contribution in [0.1, 0.15) is 10.7 Å². The molecule has 31 heavy (non-hydrogen) atoms. The Hall–Kier alpha value is -2.77. The summed E-state index contributed by atoms with van der Waals surface area (Å²) in [4.78, 5) is 21.5. The van der Waals surface area contributed by atoms with Crippen molar-refractivity contribution in [2.24, 2.45) is 0 Å². The molecule has 0 bridgehead atoms. The number of rotatable bonds is 7. The molecule has 0 atom stereocenters. The van der Waals surface area contributed by atoms with Crippen LogP contribution in [-0.2, 0) is 17.8 Å². The van der Waals surface area contributed by atoms with E-state index in [9.17, 15) is 4.79 Å². The number of nitrogens with zero attached hydrogens (tertiary/aromatic N) is 3. The average Bonchev–Trinajstić information content (AvgIpc) is 3.26. The summed E-state index contributed by atoms with van der Waals surface area (Å²) in [7, 11) is 1.67. The van der Waals surface area contributed by atoms with Crippen LogP contribution in [0.5, 0.6) is 11.5 Å². The molecule has 1 amide bonds. The molecule has 2 aromatic carbocycles. The van der Waals surface area contributed by atoms with Gasteiger partial charge >= 0.3 is 0 Å². The molecule has 1 aliphatic heterocycles. The van der Waals surface area contributed by atoms with Gasteiger partial charge in [0.05, 0.1) is 19.2 Å². The Morgan fingerprint density at radius 3 is 2.61 bits per heavy atom. The van der Waals surface area contributed by atoms with Gasteiger partial charge in [-0.1, -0.05) is 17.7 Å². The minimum Gasteiger partial charge on any atom is -0.497 e. The Morgan fingerprint density at radius 2 is 1.87 bits per heavy atom. The number of anilines is 1. The quantitative estimate of drug-likeness (QED) is 0.530. The van der Waals surface area contributed by atoms with Crippen molar-refractivity contribution in [2.75, 3.05) is 38.2 Å². The number of halogens is 1. The van der Waals surface area contributed by atoms with Crippen LogP contribution in [0.4, 0.5) is 5.69 Å². The fourth-order valence-corrected chi connectivity index (χ4v) is 4.29. The molecule has 0 saturated carbocycles. The first-order valence-electron chi connectivity index (χ1n) is 10.1. The zero-order valence-electron chi connectivity index (χ0n) is 17.3. The summed E-state index contributed by atoms with van der Waals surface area (Å²) in [5.41, 5.74) is 1.91. The van der Waals surface area contributed by atoms with E-state index < -0.39 is 0 Å². The predicted octanol–water partition coefficient (Wildman–Crippen LogP) is 4.28. The lowest BCUT2D eigenvalue weighted by atomic mass is 10.2. The van der Waals surface area contributed by atoms with Gasteiger partial charge in [-0.15, -0.1) is 11.3 Å². The third kappa shape index (κ3) is 5.68. The van der Waals surface area contributed by atoms with Gasteiger partial charge in [-0.2, -0.15) is 0 Å². The predicted molar refractivity (Wildman–Crippen MR) is 123 cm³/mol. The highest BCUT2D eigenvalue weighted by atomic mass is 35.5. The Kier molecular flexibility index (Phi) is 6.94. The number of hydrogen-bond acceptors (Lipinski definition) is 6. The van der Waals surface area contributed by atoms with Crippen molar-refractivity contribution >= 4 is 34.5 Å². The average molecular weight is 458 g/mol. The number of piperazine rings is 1. The van der Waals surface area contributed by atoms with Gasteiger partial charge in [0.15, 0.2) is 0 Å². The van der Waals surface area contributed by atoms with Crippen molar-refractivity contribution < 1.29 is 14.3 Å². The van der Waals surface area contributed by atoms with E-state index in [0.717, 1.165) is 41.0 Å². The Morgan fingerprint density at radius 1 is 1.10 bits per heavy atom. The summed E-state index contributed by atoms with van der Waals surface area (Å²) >= 11 is 7.40. The number of aromatic nitrogens is 1. The molecule has 4 rings (SSSR count). The number of ether oxygens (including phenoxy) is 2. The van der Waals surface area contributed by atoms with Gasteiger partial charge in [0.25, 0.3) is 0 Å². The summed E-state index contributed by atoms with van der Waals surface area (Å²) in [5, 5.41) is 3.46. The first-order valence-corrected chi connectivity index (χ1v) is 11.3. The van der Waals surface area contributed by atoms with Crippen LogP contribution in [0.25, 0.3) is 0 Å². The SMILES string of the molecule is COc1cccc(N2CCN(C(=O)Cc3csc(COc4ccc(Cl)cc4)n3)CC2)c1. The number of thiazole rings is 1. The minimum absolute atomic E-state index is 0.112. The highest BCUT2D eigenvalue weighted by Gasteiger charge is 2.22. The first kappa shape index (κ1) is 21.5. The summed E-state index contributed by atoms with van der Waals surface area (Å²) < 4.78 is 11.0. The number of amides is 1. The van der Waals surface area contributed by atoms with Gasteiger partial charge in [-0.25, -0.2) is 4.98 Å². The van der Waals surface area contributed by atoms with Crippen LogP contribution < -0.4 is 14.4 Å². The standard InChI is InChI=1S/C23H24ClN3O3S/c1-29-21-4-2-3-19(14-21)26-9-11-27(12-10-26)23(28)13-18-16-31-22(25-18)15-30-20-7-5-17(24)6-8-20/h2-8,14,16H,9-13,15H2,1H3. The molecule has 0 radical (unpaired) electrons. The maximum Gasteiger partial charge on any atom is 0.228 e. The van der Waals surface area contributed by atoms with Gasteiger partial charge in [-0.05, 0) is 36.4 Å². The van der Waals surface area contributed by atoms with Gasteiger partial charge in [0.2, 0.25) is 5.91 Å². The van der Waals surface area contributed by atoms with Gasteiger partial charge < -0.3 is 19.3 Å². The van der Waals surface area contributed by atoms with E-state index in [1.807, 2.05) is 40.6 Å². The molecule has 1 aromatic heterocycles. The molecule has 162 valence electrons. The Bertz CT molecular complexity index is 1020. The third-order valence-corrected chi connectivity index (χ3v) is 6.28. The Balaban J connectivity index is 1.26. The van der Waals surface area contributed by atoms with Gasteiger partial charge in [0, 0.05) is 48.3 Å². The van der Waals surface area contributed by atoms with Crippen molar-refractivity contribution in [2.45, 2.75) is 13.0 Å². The summed E-state index contributed by atoms with van der Waals surface area (Å²) in [6.45, 7) is 3.38. The van der Waals surface area contributed by atoms with Gasteiger partial charge in [0.1, 0.15) is 23.1 Å². The number of carbonyl (C=O) groups is 1. The zero-order chi connectivity index (χ0) is 21.6. The lowest BCUT2D eigenvalue weighted by Gasteiger charge is -2.36. The van der Waals surface area contributed by atoms with Crippen molar-refractivity contribution in [3.8, 4) is 11.5 Å². The minimum atomic E-state index is 0.112. The molecule has 0 unspecified atom stereocenters. The number of methoxy groups -OCH3 is 1. The van der Waals surface area contributed by atoms with Crippen LogP contribution in [0.2, 0.25) is 5.02 Å². The summed E-state index contributed by atoms with van der Waals surface area (Å²) in [5.74, 6) is 1.70. The Labute approximate surface area is 191 Å². The second-order valence-electron chi connectivity index (χ2n) is 7.22. The van der Waals surface area contributed by atoms with Crippen molar-refractivity contribution in [1.29, 1.82) is 0 Å². The molecular formula is C23H24ClN3O3S. The van der Waals surface area contributed by atoms with E-state index in [4.69, 9.17) is 21.1 Å². The lowest BCUT2D eigenvalue weighted by Crippen LogP contribution is -2.49. The van der Waals surface area contributed by atoms with Crippen molar-refractivity contribution in [1.82, 2.24) is 9.88 Å². The normalized spacial score (nSPS) is 13.9. The topological polar surface area (TPSA) is 54.9 Å². The molecular weight excluding hydrogens is 434 g/mol. The second kappa shape index (κ2) is 10.0. The molecule has 0 spiro atoms. The van der Waals surface area contributed by atoms with E-state index in [2.05, 4.69) is 16.0 Å². The zero-order valence-corrected chi connectivity index (χ0v) is 18.9. The molecule has 2 heterocycles. The van der Waals surface area contributed by atoms with E-state index in [1.165, 1.54) is 11.3 Å². The maximum absolute atomic E-state index is 12.7. The van der Waals surface area contributed by atoms with E-state index >= 15 is 0 Å². The van der Waals surface area contributed by atoms with Gasteiger partial charge in [-0.3, -0.25) is 4.79 Å². The maximum atomic E-state index is 12.7. The van der Waals surface area contributed by atoms with E-state index in [0.29, 0.717) is 31.1 Å². The largest absolute Gasteiger partial charge is 0.497 e. The number of hydrogen-bond donors (Lipinski definition) is 0.